The Labute approximate surface area is 404 Å². The third-order valence-electron chi connectivity index (χ3n) is 10.3. The molecule has 9 nitrogen and oxygen atoms in total. The molecule has 2 unspecified atom stereocenters. The number of quaternary nitrogens is 1. The Bertz CT molecular complexity index is 1480. The van der Waals surface area contributed by atoms with Crippen LogP contribution in [0.3, 0.4) is 0 Å². The molecule has 0 spiro atoms. The second-order valence-electron chi connectivity index (χ2n) is 17.8. The first-order chi connectivity index (χ1) is 32.0. The van der Waals surface area contributed by atoms with Gasteiger partial charge < -0.3 is 18.9 Å². The number of ether oxygens (including phenoxy) is 2. The van der Waals surface area contributed by atoms with E-state index in [1.165, 1.54) is 64.2 Å². The van der Waals surface area contributed by atoms with Crippen molar-refractivity contribution in [3.05, 3.63) is 109 Å². The van der Waals surface area contributed by atoms with E-state index < -0.39 is 32.5 Å². The molecule has 0 saturated heterocycles. The smallest absolute Gasteiger partial charge is 0.462 e. The molecule has 0 rings (SSSR count). The third kappa shape index (κ3) is 50.1. The van der Waals surface area contributed by atoms with Crippen molar-refractivity contribution in [2.45, 2.75) is 187 Å². The average molecular weight is 941 g/mol. The van der Waals surface area contributed by atoms with Crippen molar-refractivity contribution < 1.29 is 42.1 Å². The van der Waals surface area contributed by atoms with Crippen LogP contribution in [0.15, 0.2) is 109 Å². The van der Waals surface area contributed by atoms with Gasteiger partial charge in [-0.3, -0.25) is 18.6 Å². The summed E-state index contributed by atoms with van der Waals surface area (Å²) in [5, 5.41) is 0. The summed E-state index contributed by atoms with van der Waals surface area (Å²) < 4.78 is 34.3. The van der Waals surface area contributed by atoms with Crippen LogP contribution in [0.2, 0.25) is 0 Å². The minimum Gasteiger partial charge on any atom is -0.462 e. The molecule has 0 bridgehead atoms. The van der Waals surface area contributed by atoms with E-state index in [1.807, 2.05) is 33.3 Å². The van der Waals surface area contributed by atoms with Crippen molar-refractivity contribution in [3.63, 3.8) is 0 Å². The molecule has 0 saturated carbocycles. The molecule has 10 heteroatoms. The highest BCUT2D eigenvalue weighted by Gasteiger charge is 2.27. The Morgan fingerprint density at radius 2 is 0.848 bits per heavy atom. The van der Waals surface area contributed by atoms with E-state index in [2.05, 4.69) is 111 Å². The first kappa shape index (κ1) is 62.7. The normalized spacial score (nSPS) is 14.3. The fourth-order valence-corrected chi connectivity index (χ4v) is 7.15. The van der Waals surface area contributed by atoms with E-state index in [9.17, 15) is 19.0 Å². The maximum absolute atomic E-state index is 12.8. The second kappa shape index (κ2) is 46.8. The van der Waals surface area contributed by atoms with E-state index >= 15 is 0 Å². The molecule has 0 aromatic rings. The number of unbranched alkanes of at least 4 members (excludes halogenated alkanes) is 13. The van der Waals surface area contributed by atoms with E-state index in [4.69, 9.17) is 18.5 Å². The lowest BCUT2D eigenvalue weighted by Crippen LogP contribution is -2.37. The minimum absolute atomic E-state index is 0.0158. The van der Waals surface area contributed by atoms with Crippen LogP contribution in [-0.4, -0.2) is 74.9 Å². The highest BCUT2D eigenvalue weighted by molar-refractivity contribution is 7.47. The quantitative estimate of drug-likeness (QED) is 0.0211. The highest BCUT2D eigenvalue weighted by Crippen LogP contribution is 2.43. The van der Waals surface area contributed by atoms with Gasteiger partial charge in [-0.2, -0.15) is 0 Å². The van der Waals surface area contributed by atoms with E-state index in [-0.39, 0.29) is 26.1 Å². The molecule has 2 atom stereocenters. The van der Waals surface area contributed by atoms with Gasteiger partial charge in [-0.05, 0) is 83.5 Å². The van der Waals surface area contributed by atoms with Gasteiger partial charge >= 0.3 is 19.8 Å². The Kier molecular flexibility index (Phi) is 44.4. The Balaban J connectivity index is 4.21. The van der Waals surface area contributed by atoms with E-state index in [0.717, 1.165) is 77.0 Å². The molecule has 0 aromatic heterocycles. The molecule has 0 aliphatic heterocycles. The zero-order valence-electron chi connectivity index (χ0n) is 42.4. The van der Waals surface area contributed by atoms with Crippen molar-refractivity contribution >= 4 is 19.8 Å². The number of likely N-dealkylation sites (N-methyl/N-ethyl adjacent to an activating group) is 1. The summed E-state index contributed by atoms with van der Waals surface area (Å²) in [5.41, 5.74) is 0. The van der Waals surface area contributed by atoms with Gasteiger partial charge in [0.05, 0.1) is 27.7 Å². The minimum atomic E-state index is -4.40. The number of phosphoric acid groups is 1. The van der Waals surface area contributed by atoms with Crippen molar-refractivity contribution in [2.24, 2.45) is 0 Å². The molecule has 0 radical (unpaired) electrons. The first-order valence-corrected chi connectivity index (χ1v) is 27.1. The van der Waals surface area contributed by atoms with E-state index in [0.29, 0.717) is 23.9 Å². The van der Waals surface area contributed by atoms with Crippen molar-refractivity contribution in [2.75, 3.05) is 47.5 Å². The van der Waals surface area contributed by atoms with Crippen LogP contribution in [-0.2, 0) is 32.7 Å². The van der Waals surface area contributed by atoms with Crippen molar-refractivity contribution in [1.29, 1.82) is 0 Å². The molecular formula is C56H95NO8P+. The molecule has 376 valence electrons. The number of esters is 2. The van der Waals surface area contributed by atoms with Crippen LogP contribution in [0.25, 0.3) is 0 Å². The summed E-state index contributed by atoms with van der Waals surface area (Å²) in [7, 11) is 1.43. The maximum Gasteiger partial charge on any atom is 0.472 e. The first-order valence-electron chi connectivity index (χ1n) is 25.6. The standard InChI is InChI=1S/C56H94NO8P/c1-6-8-10-12-14-16-18-20-21-22-23-24-25-26-27-28-29-30-31-32-33-34-35-37-39-41-43-45-47-49-56(59)65-54(53-64-66(60,61)63-51-50-57(3,4)5)52-62-55(58)48-46-44-42-40-38-36-19-17-15-13-11-9-7-2/h8-11,14-17,20-21,23-24,26-27,36,38,42,44,54H,6-7,12-13,18-19,22,25,28-35,37,39-41,43,45-53H2,1-5H3/p+1/b10-8-,11-9-,16-14-,17-15-,21-20-,24-23-,27-26-,38-36-,44-42-. The summed E-state index contributed by atoms with van der Waals surface area (Å²) in [4.78, 5) is 35.4. The zero-order chi connectivity index (χ0) is 48.5. The summed E-state index contributed by atoms with van der Waals surface area (Å²) in [6.45, 7) is 4.09. The summed E-state index contributed by atoms with van der Waals surface area (Å²) >= 11 is 0. The predicted molar refractivity (Wildman–Crippen MR) is 279 cm³/mol. The molecule has 0 amide bonds. The molecule has 0 aromatic carbocycles. The molecule has 0 fully saturated rings. The predicted octanol–water partition coefficient (Wildman–Crippen LogP) is 15.5. The molecular weight excluding hydrogens is 846 g/mol. The number of carbonyl (C=O) groups is 2. The topological polar surface area (TPSA) is 108 Å². The number of allylic oxidation sites excluding steroid dienone is 18. The molecule has 1 N–H and O–H groups in total. The number of rotatable bonds is 45. The fourth-order valence-electron chi connectivity index (χ4n) is 6.41. The van der Waals surface area contributed by atoms with Gasteiger partial charge in [0.1, 0.15) is 19.8 Å². The average Bonchev–Trinajstić information content (AvgIpc) is 3.27. The lowest BCUT2D eigenvalue weighted by Gasteiger charge is -2.24. The largest absolute Gasteiger partial charge is 0.472 e. The lowest BCUT2D eigenvalue weighted by atomic mass is 10.0. The highest BCUT2D eigenvalue weighted by atomic mass is 31.2. The summed E-state index contributed by atoms with van der Waals surface area (Å²) in [6, 6.07) is 0. The van der Waals surface area contributed by atoms with Crippen LogP contribution in [0.5, 0.6) is 0 Å². The van der Waals surface area contributed by atoms with Crippen LogP contribution < -0.4 is 0 Å². The van der Waals surface area contributed by atoms with Gasteiger partial charge in [-0.15, -0.1) is 0 Å². The number of hydrogen-bond acceptors (Lipinski definition) is 7. The van der Waals surface area contributed by atoms with Gasteiger partial charge in [0.15, 0.2) is 6.10 Å². The zero-order valence-corrected chi connectivity index (χ0v) is 43.3. The Morgan fingerprint density at radius 1 is 0.470 bits per heavy atom. The lowest BCUT2D eigenvalue weighted by molar-refractivity contribution is -0.870. The molecule has 66 heavy (non-hydrogen) atoms. The van der Waals surface area contributed by atoms with Crippen molar-refractivity contribution in [3.8, 4) is 0 Å². The fraction of sp³-hybridized carbons (Fsp3) is 0.643. The van der Waals surface area contributed by atoms with Crippen molar-refractivity contribution in [1.82, 2.24) is 0 Å². The monoisotopic (exact) mass is 941 g/mol. The maximum atomic E-state index is 12.8. The SMILES string of the molecule is CC/C=C\C/C=C\C/C=C\C/C=C\C/C=C\CCCCCCCCCCCCCCCC(=O)OC(COC(=O)CC/C=C\C/C=C\C/C=C\C/C=C\CC)COP(=O)(O)OCC[N+](C)(C)C. The molecule has 0 aliphatic rings. The van der Waals surface area contributed by atoms with Gasteiger partial charge in [-0.25, -0.2) is 4.57 Å². The van der Waals surface area contributed by atoms with E-state index in [1.54, 1.807) is 0 Å². The van der Waals surface area contributed by atoms with Gasteiger partial charge in [0, 0.05) is 12.8 Å². The number of nitrogens with zero attached hydrogens (tertiary/aromatic N) is 1. The van der Waals surface area contributed by atoms with Crippen LogP contribution in [0.4, 0.5) is 0 Å². The Hall–Kier alpha value is -3.33. The van der Waals surface area contributed by atoms with Crippen LogP contribution in [0.1, 0.15) is 181 Å². The number of phosphoric ester groups is 1. The van der Waals surface area contributed by atoms with Crippen LogP contribution in [0, 0.1) is 0 Å². The molecule has 0 aliphatic carbocycles. The van der Waals surface area contributed by atoms with Gasteiger partial charge in [0.25, 0.3) is 0 Å². The second-order valence-corrected chi connectivity index (χ2v) is 19.2. The van der Waals surface area contributed by atoms with Gasteiger partial charge in [-0.1, -0.05) is 194 Å². The van der Waals surface area contributed by atoms with Gasteiger partial charge in [0.2, 0.25) is 0 Å². The third-order valence-corrected chi connectivity index (χ3v) is 11.3. The van der Waals surface area contributed by atoms with Crippen LogP contribution >= 0.6 is 7.82 Å². The Morgan fingerprint density at radius 3 is 1.27 bits per heavy atom. The molecule has 0 heterocycles. The summed E-state index contributed by atoms with van der Waals surface area (Å²) in [6.07, 6.45) is 64.6. The number of carbonyl (C=O) groups excluding carboxylic acids is 2. The summed E-state index contributed by atoms with van der Waals surface area (Å²) in [5.74, 6) is -0.902. The number of hydrogen-bond donors (Lipinski definition) is 1.